The predicted molar refractivity (Wildman–Crippen MR) is 73.5 cm³/mol. The molecule has 0 aromatic heterocycles. The average molecular weight is 316 g/mol. The van der Waals surface area contributed by atoms with Crippen molar-refractivity contribution < 1.29 is 27.9 Å². The van der Waals surface area contributed by atoms with Gasteiger partial charge in [-0.05, 0) is 18.2 Å². The van der Waals surface area contributed by atoms with Crippen LogP contribution in [0, 0.1) is 5.92 Å². The predicted octanol–water partition coefficient (Wildman–Crippen LogP) is -0.207. The van der Waals surface area contributed by atoms with Crippen LogP contribution in [0.5, 0.6) is 5.75 Å². The lowest BCUT2D eigenvalue weighted by Crippen LogP contribution is -2.31. The van der Waals surface area contributed by atoms with Crippen LogP contribution in [-0.2, 0) is 14.8 Å². The Bertz CT molecular complexity index is 656. The molecule has 1 atom stereocenters. The third-order valence-electron chi connectivity index (χ3n) is 2.75. The van der Waals surface area contributed by atoms with E-state index in [4.69, 9.17) is 15.6 Å². The summed E-state index contributed by atoms with van der Waals surface area (Å²) in [4.78, 5) is 21.7. The van der Waals surface area contributed by atoms with Crippen LogP contribution in [0.25, 0.3) is 0 Å². The number of primary amides is 1. The topological polar surface area (TPSA) is 136 Å². The van der Waals surface area contributed by atoms with E-state index in [0.717, 1.165) is 6.07 Å². The molecule has 0 bridgehead atoms. The molecule has 0 heterocycles. The van der Waals surface area contributed by atoms with Gasteiger partial charge in [-0.3, -0.25) is 9.59 Å². The fraction of sp³-hybridized carbons (Fsp3) is 0.333. The summed E-state index contributed by atoms with van der Waals surface area (Å²) in [6, 6.07) is 3.61. The minimum absolute atomic E-state index is 0.0772. The van der Waals surface area contributed by atoms with E-state index in [-0.39, 0.29) is 22.8 Å². The van der Waals surface area contributed by atoms with Gasteiger partial charge in [0.15, 0.2) is 0 Å². The maximum absolute atomic E-state index is 12.0. The van der Waals surface area contributed by atoms with Crippen molar-refractivity contribution in [1.29, 1.82) is 0 Å². The Morgan fingerprint density at radius 1 is 1.43 bits per heavy atom. The maximum Gasteiger partial charge on any atom is 0.307 e. The molecule has 0 saturated carbocycles. The molecule has 0 aliphatic rings. The highest BCUT2D eigenvalue weighted by Gasteiger charge is 2.20. The number of amides is 1. The molecule has 0 radical (unpaired) electrons. The zero-order valence-corrected chi connectivity index (χ0v) is 12.3. The van der Waals surface area contributed by atoms with Gasteiger partial charge >= 0.3 is 5.97 Å². The van der Waals surface area contributed by atoms with E-state index in [1.807, 2.05) is 0 Å². The summed E-state index contributed by atoms with van der Waals surface area (Å²) >= 11 is 0. The van der Waals surface area contributed by atoms with Crippen LogP contribution < -0.4 is 15.2 Å². The van der Waals surface area contributed by atoms with E-state index in [1.54, 1.807) is 0 Å². The van der Waals surface area contributed by atoms with Crippen LogP contribution in [0.15, 0.2) is 23.1 Å². The van der Waals surface area contributed by atoms with Gasteiger partial charge in [0.2, 0.25) is 10.0 Å². The molecular formula is C12H16N2O6S. The first kappa shape index (κ1) is 16.9. The highest BCUT2D eigenvalue weighted by Crippen LogP contribution is 2.22. The first-order valence-corrected chi connectivity index (χ1v) is 7.37. The van der Waals surface area contributed by atoms with Gasteiger partial charge in [-0.15, -0.1) is 0 Å². The Morgan fingerprint density at radius 2 is 2.05 bits per heavy atom. The van der Waals surface area contributed by atoms with Gasteiger partial charge in [0.05, 0.1) is 23.5 Å². The molecule has 4 N–H and O–H groups in total. The Morgan fingerprint density at radius 3 is 2.52 bits per heavy atom. The molecule has 1 rings (SSSR count). The van der Waals surface area contributed by atoms with Crippen LogP contribution >= 0.6 is 0 Å². The monoisotopic (exact) mass is 316 g/mol. The molecule has 0 saturated heterocycles. The van der Waals surface area contributed by atoms with Crippen LogP contribution in [0.3, 0.4) is 0 Å². The van der Waals surface area contributed by atoms with E-state index >= 15 is 0 Å². The lowest BCUT2D eigenvalue weighted by Gasteiger charge is -2.11. The van der Waals surface area contributed by atoms with Crippen molar-refractivity contribution in [2.75, 3.05) is 13.7 Å². The molecule has 0 fully saturated rings. The number of carboxylic acids is 1. The first-order chi connectivity index (χ1) is 9.69. The van der Waals surface area contributed by atoms with E-state index in [0.29, 0.717) is 0 Å². The summed E-state index contributed by atoms with van der Waals surface area (Å²) < 4.78 is 31.1. The van der Waals surface area contributed by atoms with Crippen LogP contribution in [-0.4, -0.2) is 39.1 Å². The van der Waals surface area contributed by atoms with Gasteiger partial charge in [0, 0.05) is 6.54 Å². The third kappa shape index (κ3) is 4.17. The minimum atomic E-state index is -3.95. The Balaban J connectivity index is 3.06. The molecule has 0 aliphatic heterocycles. The smallest absolute Gasteiger partial charge is 0.307 e. The van der Waals surface area contributed by atoms with E-state index in [2.05, 4.69) is 4.72 Å². The van der Waals surface area contributed by atoms with Crippen molar-refractivity contribution in [1.82, 2.24) is 4.72 Å². The lowest BCUT2D eigenvalue weighted by molar-refractivity contribution is -0.140. The highest BCUT2D eigenvalue weighted by atomic mass is 32.2. The SMILES string of the molecule is COc1ccc(S(=O)(=O)NCC(C)C(=O)O)cc1C(N)=O. The number of rotatable bonds is 7. The summed E-state index contributed by atoms with van der Waals surface area (Å²) in [5, 5.41) is 8.72. The molecule has 1 unspecified atom stereocenters. The number of carbonyl (C=O) groups is 2. The molecule has 8 nitrogen and oxygen atoms in total. The molecule has 9 heteroatoms. The number of nitrogens with one attached hydrogen (secondary N) is 1. The van der Waals surface area contributed by atoms with Crippen molar-refractivity contribution in [3.05, 3.63) is 23.8 Å². The number of aliphatic carboxylic acids is 1. The molecule has 1 aromatic carbocycles. The van der Waals surface area contributed by atoms with E-state index < -0.39 is 27.8 Å². The second-order valence-corrected chi connectivity index (χ2v) is 6.08. The van der Waals surface area contributed by atoms with Crippen LogP contribution in [0.2, 0.25) is 0 Å². The number of carbonyl (C=O) groups excluding carboxylic acids is 1. The number of carboxylic acid groups (broad SMARTS) is 1. The quantitative estimate of drug-likeness (QED) is 0.637. The zero-order chi connectivity index (χ0) is 16.2. The fourth-order valence-corrected chi connectivity index (χ4v) is 2.61. The summed E-state index contributed by atoms with van der Waals surface area (Å²) in [5.41, 5.74) is 5.08. The molecule has 21 heavy (non-hydrogen) atoms. The molecule has 116 valence electrons. The number of nitrogens with two attached hydrogens (primary N) is 1. The lowest BCUT2D eigenvalue weighted by atomic mass is 10.2. The number of hydrogen-bond donors (Lipinski definition) is 3. The number of methoxy groups -OCH3 is 1. The Kier molecular flexibility index (Phi) is 5.28. The van der Waals surface area contributed by atoms with Crippen molar-refractivity contribution in [2.45, 2.75) is 11.8 Å². The van der Waals surface area contributed by atoms with Crippen LogP contribution in [0.4, 0.5) is 0 Å². The highest BCUT2D eigenvalue weighted by molar-refractivity contribution is 7.89. The largest absolute Gasteiger partial charge is 0.496 e. The van der Waals surface area contributed by atoms with E-state index in [9.17, 15) is 18.0 Å². The van der Waals surface area contributed by atoms with Crippen molar-refractivity contribution in [3.8, 4) is 5.75 Å². The average Bonchev–Trinajstić information content (AvgIpc) is 2.43. The minimum Gasteiger partial charge on any atom is -0.496 e. The molecule has 0 aliphatic carbocycles. The third-order valence-corrected chi connectivity index (χ3v) is 4.17. The van der Waals surface area contributed by atoms with E-state index in [1.165, 1.54) is 26.2 Å². The summed E-state index contributed by atoms with van der Waals surface area (Å²) in [7, 11) is -2.62. The normalized spacial score (nSPS) is 12.7. The van der Waals surface area contributed by atoms with Gasteiger partial charge in [-0.2, -0.15) is 0 Å². The first-order valence-electron chi connectivity index (χ1n) is 5.89. The van der Waals surface area contributed by atoms with Gasteiger partial charge in [-0.25, -0.2) is 13.1 Å². The molecule has 0 spiro atoms. The van der Waals surface area contributed by atoms with Gasteiger partial charge in [-0.1, -0.05) is 6.92 Å². The maximum atomic E-state index is 12.0. The molecular weight excluding hydrogens is 300 g/mol. The summed E-state index contributed by atoms with van der Waals surface area (Å²) in [6.45, 7) is 1.10. The Hall–Kier alpha value is -2.13. The fourth-order valence-electron chi connectivity index (χ4n) is 1.45. The van der Waals surface area contributed by atoms with Gasteiger partial charge in [0.1, 0.15) is 5.75 Å². The molecule has 1 amide bonds. The molecule has 1 aromatic rings. The van der Waals surface area contributed by atoms with Crippen molar-refractivity contribution in [3.63, 3.8) is 0 Å². The van der Waals surface area contributed by atoms with Crippen molar-refractivity contribution in [2.24, 2.45) is 11.7 Å². The van der Waals surface area contributed by atoms with Gasteiger partial charge in [0.25, 0.3) is 5.91 Å². The second-order valence-electron chi connectivity index (χ2n) is 4.32. The number of sulfonamides is 1. The number of hydrogen-bond acceptors (Lipinski definition) is 5. The number of ether oxygens (including phenoxy) is 1. The second kappa shape index (κ2) is 6.55. The summed E-state index contributed by atoms with van der Waals surface area (Å²) in [6.07, 6.45) is 0. The standard InChI is InChI=1S/C12H16N2O6S/c1-7(12(16)17)6-14-21(18,19)8-3-4-10(20-2)9(5-8)11(13)15/h3-5,7,14H,6H2,1-2H3,(H2,13,15)(H,16,17). The van der Waals surface area contributed by atoms with Crippen molar-refractivity contribution >= 4 is 21.9 Å². The Labute approximate surface area is 122 Å². The zero-order valence-electron chi connectivity index (χ0n) is 11.5. The van der Waals surface area contributed by atoms with Crippen LogP contribution in [0.1, 0.15) is 17.3 Å². The van der Waals surface area contributed by atoms with Gasteiger partial charge < -0.3 is 15.6 Å². The number of benzene rings is 1. The summed E-state index contributed by atoms with van der Waals surface area (Å²) in [5.74, 6) is -2.68.